The minimum atomic E-state index is 0.00515. The molecular formula is C17H28N2O2. The van der Waals surface area contributed by atoms with Crippen molar-refractivity contribution in [3.05, 3.63) is 35.4 Å². The Balaban J connectivity index is 2.34. The second-order valence-electron chi connectivity index (χ2n) is 5.59. The van der Waals surface area contributed by atoms with Gasteiger partial charge < -0.3 is 15.4 Å². The second kappa shape index (κ2) is 10.4. The number of hydrogen-bond acceptors (Lipinski definition) is 3. The van der Waals surface area contributed by atoms with Crippen molar-refractivity contribution in [1.82, 2.24) is 10.6 Å². The third-order valence-electron chi connectivity index (χ3n) is 3.11. The Hall–Kier alpha value is -1.39. The molecule has 0 radical (unpaired) electrons. The molecule has 118 valence electrons. The quantitative estimate of drug-likeness (QED) is 0.650. The third kappa shape index (κ3) is 7.25. The fourth-order valence-electron chi connectivity index (χ4n) is 2.01. The Labute approximate surface area is 128 Å². The fraction of sp³-hybridized carbons (Fsp3) is 0.588. The van der Waals surface area contributed by atoms with Gasteiger partial charge in [-0.1, -0.05) is 32.0 Å². The minimum absolute atomic E-state index is 0.00515. The van der Waals surface area contributed by atoms with E-state index in [1.54, 1.807) is 0 Å². The molecular weight excluding hydrogens is 264 g/mol. The Kier molecular flexibility index (Phi) is 8.71. The van der Waals surface area contributed by atoms with Gasteiger partial charge in [-0.2, -0.15) is 0 Å². The summed E-state index contributed by atoms with van der Waals surface area (Å²) in [6.07, 6.45) is 1.70. The van der Waals surface area contributed by atoms with Crippen molar-refractivity contribution >= 4 is 5.91 Å². The van der Waals surface area contributed by atoms with E-state index >= 15 is 0 Å². The van der Waals surface area contributed by atoms with E-state index in [4.69, 9.17) is 4.74 Å². The number of hydrogen-bond donors (Lipinski definition) is 2. The van der Waals surface area contributed by atoms with Crippen LogP contribution in [0.1, 0.15) is 36.2 Å². The molecule has 1 aromatic carbocycles. The normalized spacial score (nSPS) is 10.9. The number of benzene rings is 1. The molecule has 2 N–H and O–H groups in total. The number of likely N-dealkylation sites (N-methyl/N-ethyl adjacent to an activating group) is 1. The van der Waals surface area contributed by atoms with E-state index in [1.807, 2.05) is 31.3 Å². The van der Waals surface area contributed by atoms with Gasteiger partial charge in [0.2, 0.25) is 0 Å². The zero-order valence-electron chi connectivity index (χ0n) is 13.4. The van der Waals surface area contributed by atoms with Gasteiger partial charge in [0, 0.05) is 25.3 Å². The molecule has 1 amide bonds. The van der Waals surface area contributed by atoms with Gasteiger partial charge in [0.1, 0.15) is 0 Å². The molecule has 21 heavy (non-hydrogen) atoms. The lowest BCUT2D eigenvalue weighted by Crippen LogP contribution is -2.27. The second-order valence-corrected chi connectivity index (χ2v) is 5.59. The van der Waals surface area contributed by atoms with Gasteiger partial charge in [0.05, 0.1) is 0 Å². The van der Waals surface area contributed by atoms with Crippen LogP contribution in [0.5, 0.6) is 0 Å². The average Bonchev–Trinajstić information content (AvgIpc) is 2.48. The van der Waals surface area contributed by atoms with Crippen LogP contribution < -0.4 is 10.6 Å². The predicted octanol–water partition coefficient (Wildman–Crippen LogP) is 2.24. The van der Waals surface area contributed by atoms with Crippen molar-refractivity contribution in [3.8, 4) is 0 Å². The fourth-order valence-corrected chi connectivity index (χ4v) is 2.01. The van der Waals surface area contributed by atoms with Gasteiger partial charge in [0.15, 0.2) is 0 Å². The van der Waals surface area contributed by atoms with Crippen molar-refractivity contribution in [2.45, 2.75) is 26.7 Å². The van der Waals surface area contributed by atoms with Crippen LogP contribution in [0.4, 0.5) is 0 Å². The lowest BCUT2D eigenvalue weighted by atomic mass is 10.0. The first-order chi connectivity index (χ1) is 10.1. The molecule has 4 heteroatoms. The van der Waals surface area contributed by atoms with Crippen LogP contribution in [0.25, 0.3) is 0 Å². The zero-order valence-corrected chi connectivity index (χ0v) is 13.4. The van der Waals surface area contributed by atoms with Gasteiger partial charge in [-0.25, -0.2) is 0 Å². The maximum absolute atomic E-state index is 12.2. The molecule has 0 aliphatic carbocycles. The van der Waals surface area contributed by atoms with Crippen molar-refractivity contribution in [3.63, 3.8) is 0 Å². The molecule has 0 aromatic heterocycles. The molecule has 0 spiro atoms. The predicted molar refractivity (Wildman–Crippen MR) is 86.7 cm³/mol. The van der Waals surface area contributed by atoms with Crippen LogP contribution in [-0.4, -0.2) is 39.3 Å². The van der Waals surface area contributed by atoms with Crippen molar-refractivity contribution < 1.29 is 9.53 Å². The summed E-state index contributed by atoms with van der Waals surface area (Å²) in [6, 6.07) is 7.78. The van der Waals surface area contributed by atoms with Crippen molar-refractivity contribution in [2.75, 3.05) is 33.4 Å². The first-order valence-corrected chi connectivity index (χ1v) is 7.73. The summed E-state index contributed by atoms with van der Waals surface area (Å²) in [5, 5.41) is 6.07. The van der Waals surface area contributed by atoms with E-state index in [-0.39, 0.29) is 5.91 Å². The highest BCUT2D eigenvalue weighted by molar-refractivity contribution is 5.95. The molecule has 0 aliphatic heterocycles. The Morgan fingerprint density at radius 2 is 2.00 bits per heavy atom. The molecule has 1 rings (SSSR count). The Bertz CT molecular complexity index is 419. The molecule has 0 aliphatic rings. The van der Waals surface area contributed by atoms with Gasteiger partial charge in [0.25, 0.3) is 5.91 Å². The molecule has 1 aromatic rings. The molecule has 0 saturated carbocycles. The number of ether oxygens (including phenoxy) is 1. The summed E-state index contributed by atoms with van der Waals surface area (Å²) in [7, 11) is 1.92. The van der Waals surface area contributed by atoms with Gasteiger partial charge in [-0.05, 0) is 44.0 Å². The highest BCUT2D eigenvalue weighted by atomic mass is 16.5. The third-order valence-corrected chi connectivity index (χ3v) is 3.11. The molecule has 0 bridgehead atoms. The first kappa shape index (κ1) is 17.7. The summed E-state index contributed by atoms with van der Waals surface area (Å²) >= 11 is 0. The lowest BCUT2D eigenvalue weighted by Gasteiger charge is -2.10. The lowest BCUT2D eigenvalue weighted by molar-refractivity contribution is 0.0924. The largest absolute Gasteiger partial charge is 0.381 e. The maximum Gasteiger partial charge on any atom is 0.251 e. The topological polar surface area (TPSA) is 50.4 Å². The average molecular weight is 292 g/mol. The van der Waals surface area contributed by atoms with Gasteiger partial charge >= 0.3 is 0 Å². The van der Waals surface area contributed by atoms with Crippen LogP contribution in [0.15, 0.2) is 24.3 Å². The monoisotopic (exact) mass is 292 g/mol. The van der Waals surface area contributed by atoms with E-state index in [2.05, 4.69) is 24.5 Å². The van der Waals surface area contributed by atoms with Gasteiger partial charge in [-0.3, -0.25) is 4.79 Å². The summed E-state index contributed by atoms with van der Waals surface area (Å²) < 4.78 is 5.50. The van der Waals surface area contributed by atoms with Crippen LogP contribution in [0, 0.1) is 5.92 Å². The summed E-state index contributed by atoms with van der Waals surface area (Å²) in [5.74, 6) is 0.559. The van der Waals surface area contributed by atoms with Crippen LogP contribution >= 0.6 is 0 Å². The van der Waals surface area contributed by atoms with Crippen LogP contribution in [0.3, 0.4) is 0 Å². The van der Waals surface area contributed by atoms with E-state index in [0.29, 0.717) is 19.1 Å². The number of nitrogens with one attached hydrogen (secondary N) is 2. The molecule has 4 nitrogen and oxygen atoms in total. The number of carbonyl (C=O) groups is 1. The van der Waals surface area contributed by atoms with E-state index in [9.17, 15) is 4.79 Å². The number of amides is 1. The van der Waals surface area contributed by atoms with E-state index in [0.717, 1.165) is 37.1 Å². The summed E-state index contributed by atoms with van der Waals surface area (Å²) in [6.45, 7) is 7.25. The van der Waals surface area contributed by atoms with E-state index in [1.165, 1.54) is 0 Å². The molecule has 0 unspecified atom stereocenters. The number of rotatable bonds is 10. The van der Waals surface area contributed by atoms with E-state index < -0.39 is 0 Å². The van der Waals surface area contributed by atoms with Crippen LogP contribution in [-0.2, 0) is 11.2 Å². The van der Waals surface area contributed by atoms with Crippen molar-refractivity contribution in [1.29, 1.82) is 0 Å². The SMILES string of the molecule is CNCCc1ccccc1C(=O)NCCCOCC(C)C. The number of carbonyl (C=O) groups excluding carboxylic acids is 1. The maximum atomic E-state index is 12.2. The minimum Gasteiger partial charge on any atom is -0.381 e. The summed E-state index contributed by atoms with van der Waals surface area (Å²) in [5.41, 5.74) is 1.86. The Morgan fingerprint density at radius 3 is 2.71 bits per heavy atom. The van der Waals surface area contributed by atoms with Crippen LogP contribution in [0.2, 0.25) is 0 Å². The Morgan fingerprint density at radius 1 is 1.24 bits per heavy atom. The zero-order chi connectivity index (χ0) is 15.5. The molecule has 0 heterocycles. The first-order valence-electron chi connectivity index (χ1n) is 7.73. The highest BCUT2D eigenvalue weighted by Gasteiger charge is 2.09. The summed E-state index contributed by atoms with van der Waals surface area (Å²) in [4.78, 5) is 12.2. The molecule has 0 saturated heterocycles. The van der Waals surface area contributed by atoms with Gasteiger partial charge in [-0.15, -0.1) is 0 Å². The molecule has 0 fully saturated rings. The standard InChI is InChI=1S/C17H28N2O2/c1-14(2)13-21-12-6-10-19-17(20)16-8-5-4-7-15(16)9-11-18-3/h4-5,7-8,14,18H,6,9-13H2,1-3H3,(H,19,20). The highest BCUT2D eigenvalue weighted by Crippen LogP contribution is 2.09. The smallest absolute Gasteiger partial charge is 0.251 e. The van der Waals surface area contributed by atoms with Crippen molar-refractivity contribution in [2.24, 2.45) is 5.92 Å². The molecule has 0 atom stereocenters.